The number of nitrogens with one attached hydrogen (secondary N) is 2. The summed E-state index contributed by atoms with van der Waals surface area (Å²) in [6.07, 6.45) is 1.47. The molecule has 0 heterocycles. The Hall–Kier alpha value is -3.42. The first kappa shape index (κ1) is 24.8. The van der Waals surface area contributed by atoms with Crippen molar-refractivity contribution in [3.63, 3.8) is 0 Å². The van der Waals surface area contributed by atoms with Crippen molar-refractivity contribution < 1.29 is 9.72 Å². The molecule has 0 radical (unpaired) electrons. The number of hydrazone groups is 1. The zero-order valence-corrected chi connectivity index (χ0v) is 19.5. The quantitative estimate of drug-likeness (QED) is 0.303. The summed E-state index contributed by atoms with van der Waals surface area (Å²) in [6.45, 7) is 12.2. The molecule has 0 aliphatic rings. The molecule has 0 saturated carbocycles. The molecule has 0 bridgehead atoms. The first-order valence-corrected chi connectivity index (χ1v) is 10.8. The van der Waals surface area contributed by atoms with Crippen molar-refractivity contribution in [1.82, 2.24) is 5.43 Å². The van der Waals surface area contributed by atoms with Crippen LogP contribution in [0.3, 0.4) is 0 Å². The Morgan fingerprint density at radius 1 is 1.09 bits per heavy atom. The lowest BCUT2D eigenvalue weighted by Gasteiger charge is -2.29. The van der Waals surface area contributed by atoms with E-state index in [2.05, 4.69) is 48.4 Å². The van der Waals surface area contributed by atoms with Crippen LogP contribution in [0.4, 0.5) is 17.1 Å². The highest BCUT2D eigenvalue weighted by Gasteiger charge is 2.17. The van der Waals surface area contributed by atoms with Crippen LogP contribution < -0.4 is 15.6 Å². The first-order chi connectivity index (χ1) is 15.2. The molecule has 0 unspecified atom stereocenters. The number of carbonyl (C=O) groups excluding carboxylic acids is 1. The highest BCUT2D eigenvalue weighted by Crippen LogP contribution is 2.26. The highest BCUT2D eigenvalue weighted by atomic mass is 16.6. The molecule has 2 rings (SSSR count). The van der Waals surface area contributed by atoms with Crippen LogP contribution in [0.25, 0.3) is 0 Å². The summed E-state index contributed by atoms with van der Waals surface area (Å²) < 4.78 is 0. The smallest absolute Gasteiger partial charge is 0.270 e. The predicted octanol–water partition coefficient (Wildman–Crippen LogP) is 4.58. The topological polar surface area (TPSA) is 99.9 Å². The fourth-order valence-electron chi connectivity index (χ4n) is 3.27. The van der Waals surface area contributed by atoms with Gasteiger partial charge < -0.3 is 10.2 Å². The Morgan fingerprint density at radius 2 is 1.72 bits per heavy atom. The van der Waals surface area contributed by atoms with Gasteiger partial charge in [0.05, 0.1) is 17.7 Å². The third-order valence-corrected chi connectivity index (χ3v) is 4.63. The van der Waals surface area contributed by atoms with E-state index in [1.165, 1.54) is 18.3 Å². The molecular weight excluding hydrogens is 406 g/mol. The van der Waals surface area contributed by atoms with Crippen molar-refractivity contribution >= 4 is 29.2 Å². The number of benzene rings is 2. The van der Waals surface area contributed by atoms with Gasteiger partial charge in [0.1, 0.15) is 0 Å². The van der Waals surface area contributed by atoms with E-state index in [0.717, 1.165) is 30.0 Å². The molecule has 2 aromatic rings. The van der Waals surface area contributed by atoms with Gasteiger partial charge in [-0.2, -0.15) is 5.10 Å². The Balaban J connectivity index is 2.15. The fourth-order valence-corrected chi connectivity index (χ4v) is 3.27. The third kappa shape index (κ3) is 8.02. The van der Waals surface area contributed by atoms with E-state index in [0.29, 0.717) is 17.4 Å². The van der Waals surface area contributed by atoms with Gasteiger partial charge in [0, 0.05) is 42.2 Å². The molecular formula is C24H33N5O3. The van der Waals surface area contributed by atoms with Crippen molar-refractivity contribution in [1.29, 1.82) is 0 Å². The van der Waals surface area contributed by atoms with Gasteiger partial charge >= 0.3 is 0 Å². The molecule has 2 aromatic carbocycles. The van der Waals surface area contributed by atoms with Crippen LogP contribution in [0.5, 0.6) is 0 Å². The standard InChI is InChI=1S/C24H33N5O3/c1-17(2)15-28(16-18(3)4)23-11-10-22(29(31)32)12-20(23)13-26-27-24(30)14-25-21-8-6-19(5)7-9-21/h6-13,17-18,25H,14-16H2,1-5H3,(H,27,30)/b26-13-. The number of carbonyl (C=O) groups is 1. The first-order valence-electron chi connectivity index (χ1n) is 10.8. The summed E-state index contributed by atoms with van der Waals surface area (Å²) in [5.41, 5.74) is 5.90. The van der Waals surface area contributed by atoms with E-state index in [4.69, 9.17) is 0 Å². The maximum Gasteiger partial charge on any atom is 0.270 e. The zero-order valence-electron chi connectivity index (χ0n) is 19.5. The monoisotopic (exact) mass is 439 g/mol. The molecule has 8 heteroatoms. The van der Waals surface area contributed by atoms with E-state index in [9.17, 15) is 14.9 Å². The number of aryl methyl sites for hydroxylation is 1. The minimum atomic E-state index is -0.430. The van der Waals surface area contributed by atoms with E-state index in [-0.39, 0.29) is 18.1 Å². The average molecular weight is 440 g/mol. The maximum atomic E-state index is 12.2. The van der Waals surface area contributed by atoms with E-state index >= 15 is 0 Å². The van der Waals surface area contributed by atoms with E-state index < -0.39 is 4.92 Å². The maximum absolute atomic E-state index is 12.2. The predicted molar refractivity (Wildman–Crippen MR) is 130 cm³/mol. The molecule has 0 saturated heterocycles. The molecule has 32 heavy (non-hydrogen) atoms. The van der Waals surface area contributed by atoms with Gasteiger partial charge in [0.15, 0.2) is 0 Å². The number of rotatable bonds is 11. The normalized spacial score (nSPS) is 11.2. The molecule has 172 valence electrons. The van der Waals surface area contributed by atoms with Crippen LogP contribution in [0.2, 0.25) is 0 Å². The average Bonchev–Trinajstić information content (AvgIpc) is 2.72. The summed E-state index contributed by atoms with van der Waals surface area (Å²) in [4.78, 5) is 25.2. The van der Waals surface area contributed by atoms with Crippen LogP contribution in [0.15, 0.2) is 47.6 Å². The SMILES string of the molecule is Cc1ccc(NCC(=O)N/N=C\c2cc([N+](=O)[O-])ccc2N(CC(C)C)CC(C)C)cc1. The molecule has 0 fully saturated rings. The van der Waals surface area contributed by atoms with Gasteiger partial charge in [-0.15, -0.1) is 0 Å². The van der Waals surface area contributed by atoms with Gasteiger partial charge in [-0.25, -0.2) is 5.43 Å². The van der Waals surface area contributed by atoms with Gasteiger partial charge in [-0.05, 0) is 37.0 Å². The second-order valence-corrected chi connectivity index (χ2v) is 8.71. The minimum absolute atomic E-state index is 0.0170. The van der Waals surface area contributed by atoms with E-state index in [1.807, 2.05) is 31.2 Å². The van der Waals surface area contributed by atoms with Crippen LogP contribution in [-0.4, -0.2) is 36.7 Å². The largest absolute Gasteiger partial charge is 0.376 e. The highest BCUT2D eigenvalue weighted by molar-refractivity contribution is 5.90. The molecule has 0 aliphatic heterocycles. The molecule has 0 aromatic heterocycles. The van der Waals surface area contributed by atoms with Crippen LogP contribution in [0, 0.1) is 28.9 Å². The second-order valence-electron chi connectivity index (χ2n) is 8.71. The number of hydrogen-bond acceptors (Lipinski definition) is 6. The Morgan fingerprint density at radius 3 is 2.28 bits per heavy atom. The van der Waals surface area contributed by atoms with Crippen molar-refractivity contribution in [3.8, 4) is 0 Å². The van der Waals surface area contributed by atoms with Crippen molar-refractivity contribution in [2.24, 2.45) is 16.9 Å². The Labute approximate surface area is 189 Å². The number of non-ortho nitro benzene ring substituents is 1. The lowest BCUT2D eigenvalue weighted by Crippen LogP contribution is -2.32. The number of anilines is 2. The molecule has 8 nitrogen and oxygen atoms in total. The summed E-state index contributed by atoms with van der Waals surface area (Å²) in [5.74, 6) is 0.526. The fraction of sp³-hybridized carbons (Fsp3) is 0.417. The van der Waals surface area contributed by atoms with Crippen LogP contribution in [0.1, 0.15) is 38.8 Å². The van der Waals surface area contributed by atoms with Gasteiger partial charge in [0.25, 0.3) is 11.6 Å². The second kappa shape index (κ2) is 11.8. The summed E-state index contributed by atoms with van der Waals surface area (Å²) in [5, 5.41) is 18.4. The number of nitro benzene ring substituents is 1. The number of nitro groups is 1. The van der Waals surface area contributed by atoms with Gasteiger partial charge in [-0.3, -0.25) is 14.9 Å². The third-order valence-electron chi connectivity index (χ3n) is 4.63. The summed E-state index contributed by atoms with van der Waals surface area (Å²) in [7, 11) is 0. The zero-order chi connectivity index (χ0) is 23.7. The molecule has 1 amide bonds. The lowest BCUT2D eigenvalue weighted by atomic mass is 10.1. The molecule has 2 N–H and O–H groups in total. The van der Waals surface area contributed by atoms with Crippen LogP contribution in [-0.2, 0) is 4.79 Å². The molecule has 0 atom stereocenters. The van der Waals surface area contributed by atoms with Crippen LogP contribution >= 0.6 is 0 Å². The number of nitrogens with zero attached hydrogens (tertiary/aromatic N) is 3. The van der Waals surface area contributed by atoms with Gasteiger partial charge in [-0.1, -0.05) is 45.4 Å². The molecule has 0 spiro atoms. The van der Waals surface area contributed by atoms with E-state index in [1.54, 1.807) is 6.07 Å². The number of amides is 1. The summed E-state index contributed by atoms with van der Waals surface area (Å²) in [6, 6.07) is 12.5. The van der Waals surface area contributed by atoms with Gasteiger partial charge in [0.2, 0.25) is 0 Å². The van der Waals surface area contributed by atoms with Crippen molar-refractivity contribution in [3.05, 3.63) is 63.7 Å². The Kier molecular flexibility index (Phi) is 9.19. The lowest BCUT2D eigenvalue weighted by molar-refractivity contribution is -0.384. The van der Waals surface area contributed by atoms with Crippen molar-refractivity contribution in [2.75, 3.05) is 29.9 Å². The number of hydrogen-bond donors (Lipinski definition) is 2. The van der Waals surface area contributed by atoms with Crippen molar-refractivity contribution in [2.45, 2.75) is 34.6 Å². The molecule has 0 aliphatic carbocycles. The Bertz CT molecular complexity index is 929. The minimum Gasteiger partial charge on any atom is -0.376 e. The summed E-state index contributed by atoms with van der Waals surface area (Å²) >= 11 is 0.